The van der Waals surface area contributed by atoms with Gasteiger partial charge < -0.3 is 9.47 Å². The summed E-state index contributed by atoms with van der Waals surface area (Å²) in [7, 11) is 0. The van der Waals surface area contributed by atoms with Crippen molar-refractivity contribution in [2.45, 2.75) is 6.92 Å². The van der Waals surface area contributed by atoms with Crippen LogP contribution in [0.5, 0.6) is 11.5 Å². The molecular formula is C29H21ClO3. The normalized spacial score (nSPS) is 11.0. The second-order valence-electron chi connectivity index (χ2n) is 7.65. The van der Waals surface area contributed by atoms with E-state index in [-0.39, 0.29) is 0 Å². The Morgan fingerprint density at radius 3 is 1.85 bits per heavy atom. The molecule has 0 aliphatic heterocycles. The predicted molar refractivity (Wildman–Crippen MR) is 134 cm³/mol. The molecule has 0 bridgehead atoms. The van der Waals surface area contributed by atoms with Crippen LogP contribution in [0.4, 0.5) is 0 Å². The van der Waals surface area contributed by atoms with Crippen LogP contribution < -0.4 is 9.47 Å². The fourth-order valence-electron chi connectivity index (χ4n) is 4.12. The van der Waals surface area contributed by atoms with Gasteiger partial charge in [0, 0.05) is 16.1 Å². The minimum atomic E-state index is -0.443. The van der Waals surface area contributed by atoms with E-state index in [1.54, 1.807) is 24.3 Å². The quantitative estimate of drug-likeness (QED) is 0.200. The standard InChI is InChI=1S/C29H21ClO3/c1-2-32-25-17-13-19-7-3-5-9-23(19)27(25)28-24-10-6-4-8-20(24)14-18-26(28)33-29(31)21-11-15-22(30)16-12-21/h3-18H,2H2,1H3. The van der Waals surface area contributed by atoms with Crippen molar-refractivity contribution in [2.24, 2.45) is 0 Å². The third-order valence-corrected chi connectivity index (χ3v) is 5.87. The Bertz CT molecular complexity index is 1470. The Labute approximate surface area is 197 Å². The molecule has 0 aromatic heterocycles. The fraction of sp³-hybridized carbons (Fsp3) is 0.0690. The van der Waals surface area contributed by atoms with Crippen LogP contribution in [-0.2, 0) is 0 Å². The molecular weight excluding hydrogens is 432 g/mol. The monoisotopic (exact) mass is 452 g/mol. The molecule has 0 aliphatic rings. The van der Waals surface area contributed by atoms with E-state index in [0.717, 1.165) is 38.4 Å². The highest BCUT2D eigenvalue weighted by Crippen LogP contribution is 2.45. The molecule has 0 fully saturated rings. The molecule has 0 saturated carbocycles. The van der Waals surface area contributed by atoms with Gasteiger partial charge >= 0.3 is 5.97 Å². The van der Waals surface area contributed by atoms with Crippen LogP contribution in [0.15, 0.2) is 97.1 Å². The zero-order chi connectivity index (χ0) is 22.8. The second-order valence-corrected chi connectivity index (χ2v) is 8.09. The number of benzene rings is 5. The van der Waals surface area contributed by atoms with Crippen LogP contribution in [-0.4, -0.2) is 12.6 Å². The van der Waals surface area contributed by atoms with E-state index in [4.69, 9.17) is 21.1 Å². The summed E-state index contributed by atoms with van der Waals surface area (Å²) in [6, 6.07) is 30.8. The van der Waals surface area contributed by atoms with Crippen LogP contribution in [0, 0.1) is 0 Å². The van der Waals surface area contributed by atoms with E-state index in [1.165, 1.54) is 0 Å². The van der Waals surface area contributed by atoms with Crippen molar-refractivity contribution >= 4 is 39.1 Å². The van der Waals surface area contributed by atoms with Gasteiger partial charge in [-0.25, -0.2) is 4.79 Å². The summed E-state index contributed by atoms with van der Waals surface area (Å²) in [4.78, 5) is 13.0. The number of hydrogen-bond donors (Lipinski definition) is 0. The van der Waals surface area contributed by atoms with E-state index in [0.29, 0.717) is 22.9 Å². The first-order valence-corrected chi connectivity index (χ1v) is 11.2. The van der Waals surface area contributed by atoms with Gasteiger partial charge in [0.1, 0.15) is 11.5 Å². The van der Waals surface area contributed by atoms with Gasteiger partial charge in [0.25, 0.3) is 0 Å². The van der Waals surface area contributed by atoms with Crippen LogP contribution in [0.3, 0.4) is 0 Å². The fourth-order valence-corrected chi connectivity index (χ4v) is 4.25. The number of carbonyl (C=O) groups excluding carboxylic acids is 1. The van der Waals surface area contributed by atoms with Crippen molar-refractivity contribution in [1.29, 1.82) is 0 Å². The third kappa shape index (κ3) is 4.04. The number of ether oxygens (including phenoxy) is 2. The first-order chi connectivity index (χ1) is 16.2. The topological polar surface area (TPSA) is 35.5 Å². The largest absolute Gasteiger partial charge is 0.493 e. The number of hydrogen-bond acceptors (Lipinski definition) is 3. The molecule has 0 unspecified atom stereocenters. The van der Waals surface area contributed by atoms with E-state index < -0.39 is 5.97 Å². The van der Waals surface area contributed by atoms with E-state index >= 15 is 0 Å². The SMILES string of the molecule is CCOc1ccc2ccccc2c1-c1c(OC(=O)c2ccc(Cl)cc2)ccc2ccccc12. The predicted octanol–water partition coefficient (Wildman–Crippen LogP) is 7.93. The Morgan fingerprint density at radius 1 is 0.697 bits per heavy atom. The lowest BCUT2D eigenvalue weighted by Gasteiger charge is -2.19. The van der Waals surface area contributed by atoms with Gasteiger partial charge in [-0.3, -0.25) is 0 Å². The number of halogens is 1. The lowest BCUT2D eigenvalue weighted by Crippen LogP contribution is -2.09. The summed E-state index contributed by atoms with van der Waals surface area (Å²) in [5.41, 5.74) is 2.17. The Kier molecular flexibility index (Phi) is 5.72. The molecule has 33 heavy (non-hydrogen) atoms. The summed E-state index contributed by atoms with van der Waals surface area (Å²) >= 11 is 5.98. The molecule has 162 valence electrons. The number of fused-ring (bicyclic) bond motifs is 2. The van der Waals surface area contributed by atoms with Gasteiger partial charge in [-0.1, -0.05) is 72.3 Å². The lowest BCUT2D eigenvalue weighted by atomic mass is 9.92. The van der Waals surface area contributed by atoms with Crippen LogP contribution in [0.25, 0.3) is 32.7 Å². The smallest absolute Gasteiger partial charge is 0.343 e. The molecule has 3 nitrogen and oxygen atoms in total. The minimum absolute atomic E-state index is 0.432. The van der Waals surface area contributed by atoms with Gasteiger partial charge in [-0.2, -0.15) is 0 Å². The average Bonchev–Trinajstić information content (AvgIpc) is 2.85. The zero-order valence-electron chi connectivity index (χ0n) is 18.0. The molecule has 0 heterocycles. The van der Waals surface area contributed by atoms with Crippen molar-refractivity contribution < 1.29 is 14.3 Å². The number of rotatable bonds is 5. The van der Waals surface area contributed by atoms with Crippen LogP contribution in [0.1, 0.15) is 17.3 Å². The zero-order valence-corrected chi connectivity index (χ0v) is 18.8. The summed E-state index contributed by atoms with van der Waals surface area (Å²) in [6.07, 6.45) is 0. The van der Waals surface area contributed by atoms with Gasteiger partial charge in [-0.05, 0) is 64.9 Å². The molecule has 0 atom stereocenters. The van der Waals surface area contributed by atoms with Crippen molar-refractivity contribution in [3.8, 4) is 22.6 Å². The Morgan fingerprint density at radius 2 is 1.24 bits per heavy atom. The van der Waals surface area contributed by atoms with E-state index in [9.17, 15) is 4.79 Å². The summed E-state index contributed by atoms with van der Waals surface area (Å²) in [6.45, 7) is 2.49. The highest BCUT2D eigenvalue weighted by Gasteiger charge is 2.21. The molecule has 0 aliphatic carbocycles. The molecule has 0 radical (unpaired) electrons. The van der Waals surface area contributed by atoms with Crippen LogP contribution in [0.2, 0.25) is 5.02 Å². The van der Waals surface area contributed by atoms with Crippen molar-refractivity contribution in [3.05, 3.63) is 108 Å². The molecule has 0 N–H and O–H groups in total. The molecule has 0 amide bonds. The summed E-state index contributed by atoms with van der Waals surface area (Å²) in [5, 5.41) is 4.71. The average molecular weight is 453 g/mol. The van der Waals surface area contributed by atoms with Crippen LogP contribution >= 0.6 is 11.6 Å². The maximum atomic E-state index is 13.0. The molecule has 5 aromatic rings. The Hall–Kier alpha value is -3.82. The van der Waals surface area contributed by atoms with Gasteiger partial charge in [0.15, 0.2) is 0 Å². The highest BCUT2D eigenvalue weighted by atomic mass is 35.5. The van der Waals surface area contributed by atoms with E-state index in [2.05, 4.69) is 18.2 Å². The summed E-state index contributed by atoms with van der Waals surface area (Å²) in [5.74, 6) is 0.781. The Balaban J connectivity index is 1.77. The first-order valence-electron chi connectivity index (χ1n) is 10.8. The third-order valence-electron chi connectivity index (χ3n) is 5.61. The number of esters is 1. The molecule has 0 saturated heterocycles. The van der Waals surface area contributed by atoms with Crippen molar-refractivity contribution in [1.82, 2.24) is 0 Å². The molecule has 5 aromatic carbocycles. The lowest BCUT2D eigenvalue weighted by molar-refractivity contribution is 0.0736. The van der Waals surface area contributed by atoms with Gasteiger partial charge in [-0.15, -0.1) is 0 Å². The number of carbonyl (C=O) groups is 1. The maximum absolute atomic E-state index is 13.0. The molecule has 0 spiro atoms. The van der Waals surface area contributed by atoms with Gasteiger partial charge in [0.05, 0.1) is 12.2 Å². The second kappa shape index (κ2) is 8.97. The molecule has 4 heteroatoms. The first kappa shape index (κ1) is 21.0. The van der Waals surface area contributed by atoms with Crippen molar-refractivity contribution in [3.63, 3.8) is 0 Å². The minimum Gasteiger partial charge on any atom is -0.493 e. The summed E-state index contributed by atoms with van der Waals surface area (Å²) < 4.78 is 12.0. The highest BCUT2D eigenvalue weighted by molar-refractivity contribution is 6.30. The molecule has 5 rings (SSSR count). The van der Waals surface area contributed by atoms with Crippen molar-refractivity contribution in [2.75, 3.05) is 6.61 Å². The van der Waals surface area contributed by atoms with Gasteiger partial charge in [0.2, 0.25) is 0 Å². The van der Waals surface area contributed by atoms with E-state index in [1.807, 2.05) is 61.5 Å². The maximum Gasteiger partial charge on any atom is 0.343 e.